The van der Waals surface area contributed by atoms with Crippen molar-refractivity contribution in [2.24, 2.45) is 5.73 Å². The molecular weight excluding hydrogens is 348 g/mol. The SMILES string of the molecule is CCCCc1ccc(NC(=O)[C@@H](N)Cc2cn(Cc3ccccc3)cn2)cc1. The largest absolute Gasteiger partial charge is 0.333 e. The number of hydrogen-bond donors (Lipinski definition) is 2. The van der Waals surface area contributed by atoms with E-state index in [1.165, 1.54) is 24.0 Å². The van der Waals surface area contributed by atoms with E-state index < -0.39 is 6.04 Å². The van der Waals surface area contributed by atoms with Gasteiger partial charge < -0.3 is 15.6 Å². The number of benzene rings is 2. The van der Waals surface area contributed by atoms with E-state index in [9.17, 15) is 4.79 Å². The summed E-state index contributed by atoms with van der Waals surface area (Å²) >= 11 is 0. The molecule has 0 radical (unpaired) electrons. The second-order valence-electron chi connectivity index (χ2n) is 7.12. The van der Waals surface area contributed by atoms with Crippen molar-refractivity contribution >= 4 is 11.6 Å². The molecule has 0 unspecified atom stereocenters. The first-order valence-electron chi connectivity index (χ1n) is 9.84. The van der Waals surface area contributed by atoms with Crippen molar-refractivity contribution in [2.75, 3.05) is 5.32 Å². The highest BCUT2D eigenvalue weighted by atomic mass is 16.2. The number of imidazole rings is 1. The Morgan fingerprint density at radius 1 is 1.11 bits per heavy atom. The molecule has 3 rings (SSSR count). The van der Waals surface area contributed by atoms with E-state index in [-0.39, 0.29) is 5.91 Å². The van der Waals surface area contributed by atoms with Crippen molar-refractivity contribution < 1.29 is 4.79 Å². The van der Waals surface area contributed by atoms with E-state index in [2.05, 4.69) is 41.5 Å². The lowest BCUT2D eigenvalue weighted by atomic mass is 10.1. The molecule has 3 aromatic rings. The summed E-state index contributed by atoms with van der Waals surface area (Å²) in [6.07, 6.45) is 7.55. The van der Waals surface area contributed by atoms with Crippen LogP contribution >= 0.6 is 0 Å². The van der Waals surface area contributed by atoms with E-state index in [1.807, 2.05) is 41.1 Å². The second kappa shape index (κ2) is 9.85. The predicted octanol–water partition coefficient (Wildman–Crippen LogP) is 3.78. The topological polar surface area (TPSA) is 72.9 Å². The van der Waals surface area contributed by atoms with Gasteiger partial charge in [0, 0.05) is 24.8 Å². The van der Waals surface area contributed by atoms with Gasteiger partial charge in [-0.05, 0) is 36.1 Å². The highest BCUT2D eigenvalue weighted by Crippen LogP contribution is 2.13. The Kier molecular flexibility index (Phi) is 6.98. The molecule has 1 aromatic heterocycles. The molecule has 1 heterocycles. The Labute approximate surface area is 166 Å². The molecule has 0 fully saturated rings. The second-order valence-corrected chi connectivity index (χ2v) is 7.12. The van der Waals surface area contributed by atoms with Crippen LogP contribution in [0.2, 0.25) is 0 Å². The Morgan fingerprint density at radius 2 is 1.86 bits per heavy atom. The molecule has 146 valence electrons. The standard InChI is InChI=1S/C23H28N4O/c1-2-3-7-18-10-12-20(13-11-18)26-23(28)22(24)14-21-16-27(17-25-21)15-19-8-5-4-6-9-19/h4-6,8-13,16-17,22H,2-3,7,14-15,24H2,1H3,(H,26,28)/t22-/m0/s1. The van der Waals surface area contributed by atoms with Crippen LogP contribution in [0.5, 0.6) is 0 Å². The summed E-state index contributed by atoms with van der Waals surface area (Å²) in [5.41, 5.74) is 10.2. The predicted molar refractivity (Wildman–Crippen MR) is 113 cm³/mol. The first-order valence-corrected chi connectivity index (χ1v) is 9.84. The molecule has 0 saturated heterocycles. The summed E-state index contributed by atoms with van der Waals surface area (Å²) in [5, 5.41) is 2.89. The zero-order chi connectivity index (χ0) is 19.8. The van der Waals surface area contributed by atoms with Crippen molar-refractivity contribution in [2.45, 2.75) is 45.2 Å². The van der Waals surface area contributed by atoms with Crippen molar-refractivity contribution in [3.05, 3.63) is 83.9 Å². The molecular formula is C23H28N4O. The third kappa shape index (κ3) is 5.79. The minimum atomic E-state index is -0.639. The molecule has 0 bridgehead atoms. The molecule has 0 spiro atoms. The Morgan fingerprint density at radius 3 is 2.57 bits per heavy atom. The highest BCUT2D eigenvalue weighted by molar-refractivity contribution is 5.94. The van der Waals surface area contributed by atoms with Crippen LogP contribution in [-0.4, -0.2) is 21.5 Å². The molecule has 5 heteroatoms. The van der Waals surface area contributed by atoms with Gasteiger partial charge in [0.15, 0.2) is 0 Å². The number of aryl methyl sites for hydroxylation is 1. The van der Waals surface area contributed by atoms with Crippen LogP contribution in [0, 0.1) is 0 Å². The Hall–Kier alpha value is -2.92. The molecule has 3 N–H and O–H groups in total. The zero-order valence-electron chi connectivity index (χ0n) is 16.3. The van der Waals surface area contributed by atoms with Crippen LogP contribution in [-0.2, 0) is 24.2 Å². The summed E-state index contributed by atoms with van der Waals surface area (Å²) in [6.45, 7) is 2.93. The zero-order valence-corrected chi connectivity index (χ0v) is 16.3. The fourth-order valence-corrected chi connectivity index (χ4v) is 3.08. The van der Waals surface area contributed by atoms with Gasteiger partial charge in [0.1, 0.15) is 0 Å². The summed E-state index contributed by atoms with van der Waals surface area (Å²) < 4.78 is 2.00. The number of carbonyl (C=O) groups excluding carboxylic acids is 1. The van der Waals surface area contributed by atoms with Crippen molar-refractivity contribution in [1.29, 1.82) is 0 Å². The molecule has 1 amide bonds. The van der Waals surface area contributed by atoms with Crippen molar-refractivity contribution in [1.82, 2.24) is 9.55 Å². The summed E-state index contributed by atoms with van der Waals surface area (Å²) in [4.78, 5) is 16.8. The van der Waals surface area contributed by atoms with E-state index in [0.717, 1.165) is 24.3 Å². The summed E-state index contributed by atoms with van der Waals surface area (Å²) in [6, 6.07) is 17.5. The first kappa shape index (κ1) is 19.8. The number of amides is 1. The van der Waals surface area contributed by atoms with Gasteiger partial charge >= 0.3 is 0 Å². The minimum absolute atomic E-state index is 0.195. The Balaban J connectivity index is 1.51. The monoisotopic (exact) mass is 376 g/mol. The van der Waals surface area contributed by atoms with Crippen LogP contribution in [0.15, 0.2) is 67.1 Å². The number of nitrogens with one attached hydrogen (secondary N) is 1. The highest BCUT2D eigenvalue weighted by Gasteiger charge is 2.16. The summed E-state index contributed by atoms with van der Waals surface area (Å²) in [7, 11) is 0. The molecule has 1 atom stereocenters. The average Bonchev–Trinajstić information content (AvgIpc) is 3.15. The van der Waals surface area contributed by atoms with Gasteiger partial charge in [-0.3, -0.25) is 4.79 Å². The van der Waals surface area contributed by atoms with Crippen LogP contribution in [0.1, 0.15) is 36.6 Å². The number of nitrogens with two attached hydrogens (primary N) is 1. The summed E-state index contributed by atoms with van der Waals surface area (Å²) in [5.74, 6) is -0.195. The van der Waals surface area contributed by atoms with Gasteiger partial charge in [-0.15, -0.1) is 0 Å². The van der Waals surface area contributed by atoms with Crippen LogP contribution in [0.3, 0.4) is 0 Å². The molecule has 0 aliphatic heterocycles. The molecule has 28 heavy (non-hydrogen) atoms. The van der Waals surface area contributed by atoms with Crippen LogP contribution in [0.25, 0.3) is 0 Å². The maximum atomic E-state index is 12.4. The maximum absolute atomic E-state index is 12.4. The number of nitrogens with zero attached hydrogens (tertiary/aromatic N) is 2. The number of aromatic nitrogens is 2. The number of anilines is 1. The van der Waals surface area contributed by atoms with Gasteiger partial charge in [0.25, 0.3) is 0 Å². The molecule has 0 aliphatic carbocycles. The van der Waals surface area contributed by atoms with Gasteiger partial charge in [0.05, 0.1) is 18.1 Å². The minimum Gasteiger partial charge on any atom is -0.333 e. The van der Waals surface area contributed by atoms with E-state index in [4.69, 9.17) is 5.73 Å². The van der Waals surface area contributed by atoms with E-state index >= 15 is 0 Å². The molecule has 5 nitrogen and oxygen atoms in total. The van der Waals surface area contributed by atoms with Crippen molar-refractivity contribution in [3.63, 3.8) is 0 Å². The fraction of sp³-hybridized carbons (Fsp3) is 0.304. The fourth-order valence-electron chi connectivity index (χ4n) is 3.08. The maximum Gasteiger partial charge on any atom is 0.241 e. The van der Waals surface area contributed by atoms with E-state index in [1.54, 1.807) is 6.33 Å². The number of carbonyl (C=O) groups is 1. The quantitative estimate of drug-likeness (QED) is 0.597. The van der Waals surface area contributed by atoms with Crippen LogP contribution in [0.4, 0.5) is 5.69 Å². The number of unbranched alkanes of at least 4 members (excludes halogenated alkanes) is 1. The first-order chi connectivity index (χ1) is 13.6. The molecule has 2 aromatic carbocycles. The molecule has 0 saturated carbocycles. The van der Waals surface area contributed by atoms with Gasteiger partial charge in [-0.1, -0.05) is 55.8 Å². The normalized spacial score (nSPS) is 11.9. The lowest BCUT2D eigenvalue weighted by molar-refractivity contribution is -0.117. The number of rotatable bonds is 9. The average molecular weight is 377 g/mol. The molecule has 0 aliphatic rings. The third-order valence-corrected chi connectivity index (χ3v) is 4.70. The van der Waals surface area contributed by atoms with Crippen LogP contribution < -0.4 is 11.1 Å². The third-order valence-electron chi connectivity index (χ3n) is 4.70. The smallest absolute Gasteiger partial charge is 0.241 e. The van der Waals surface area contributed by atoms with Gasteiger partial charge in [-0.2, -0.15) is 0 Å². The van der Waals surface area contributed by atoms with Crippen molar-refractivity contribution in [3.8, 4) is 0 Å². The number of hydrogen-bond acceptors (Lipinski definition) is 3. The lowest BCUT2D eigenvalue weighted by Crippen LogP contribution is -2.37. The van der Waals surface area contributed by atoms with E-state index in [0.29, 0.717) is 6.42 Å². The van der Waals surface area contributed by atoms with Gasteiger partial charge in [-0.25, -0.2) is 4.98 Å². The lowest BCUT2D eigenvalue weighted by Gasteiger charge is -2.11. The van der Waals surface area contributed by atoms with Gasteiger partial charge in [0.2, 0.25) is 5.91 Å². The Bertz CT molecular complexity index is 871.